The van der Waals surface area contributed by atoms with E-state index >= 15 is 0 Å². The SMILES string of the molecule is CCc1oc2c(NC(C#N)=C(C#N)C#N)cccc2c1C. The van der Waals surface area contributed by atoms with E-state index < -0.39 is 0 Å². The van der Waals surface area contributed by atoms with Gasteiger partial charge in [0.2, 0.25) is 0 Å². The molecule has 0 atom stereocenters. The van der Waals surface area contributed by atoms with Crippen molar-refractivity contribution in [1.82, 2.24) is 0 Å². The maximum absolute atomic E-state index is 9.09. The van der Waals surface area contributed by atoms with Gasteiger partial charge in [0.15, 0.2) is 11.2 Å². The first-order valence-corrected chi connectivity index (χ1v) is 6.38. The Hall–Kier alpha value is -3.23. The van der Waals surface area contributed by atoms with Crippen molar-refractivity contribution in [2.24, 2.45) is 0 Å². The standard InChI is InChI=1S/C16H12N4O/c1-3-15-10(2)12-5-4-6-13(16(12)21-15)20-14(9-19)11(7-17)8-18/h4-6,20H,3H2,1-2H3. The molecule has 0 aliphatic rings. The van der Waals surface area contributed by atoms with Gasteiger partial charge < -0.3 is 9.73 Å². The van der Waals surface area contributed by atoms with Gasteiger partial charge in [0.1, 0.15) is 29.7 Å². The average molecular weight is 276 g/mol. The van der Waals surface area contributed by atoms with E-state index in [2.05, 4.69) is 5.32 Å². The van der Waals surface area contributed by atoms with E-state index in [1.807, 2.05) is 32.0 Å². The maximum Gasteiger partial charge on any atom is 0.163 e. The van der Waals surface area contributed by atoms with Crippen molar-refractivity contribution in [2.45, 2.75) is 20.3 Å². The molecule has 0 fully saturated rings. The Balaban J connectivity index is 2.60. The van der Waals surface area contributed by atoms with Crippen LogP contribution in [0.3, 0.4) is 0 Å². The number of hydrogen-bond donors (Lipinski definition) is 1. The molecular formula is C16H12N4O. The number of nitrogens with zero attached hydrogens (tertiary/aromatic N) is 3. The second-order valence-corrected chi connectivity index (χ2v) is 4.40. The van der Waals surface area contributed by atoms with Crippen molar-refractivity contribution in [1.29, 1.82) is 15.8 Å². The second-order valence-electron chi connectivity index (χ2n) is 4.40. The molecule has 2 aromatic rings. The third-order valence-electron chi connectivity index (χ3n) is 3.23. The van der Waals surface area contributed by atoms with Crippen LogP contribution in [-0.4, -0.2) is 0 Å². The van der Waals surface area contributed by atoms with Crippen molar-refractivity contribution in [2.75, 3.05) is 5.32 Å². The molecule has 1 aromatic heterocycles. The molecule has 0 radical (unpaired) electrons. The van der Waals surface area contributed by atoms with Crippen LogP contribution in [0.2, 0.25) is 0 Å². The number of para-hydroxylation sites is 1. The molecule has 0 amide bonds. The summed E-state index contributed by atoms with van der Waals surface area (Å²) in [4.78, 5) is 0. The van der Waals surface area contributed by atoms with Crippen molar-refractivity contribution in [3.63, 3.8) is 0 Å². The smallest absolute Gasteiger partial charge is 0.163 e. The molecule has 1 aromatic carbocycles. The Morgan fingerprint density at radius 1 is 1.19 bits per heavy atom. The topological polar surface area (TPSA) is 96.5 Å². The number of aryl methyl sites for hydroxylation is 2. The van der Waals surface area contributed by atoms with Crippen LogP contribution in [0.4, 0.5) is 5.69 Å². The predicted molar refractivity (Wildman–Crippen MR) is 77.8 cm³/mol. The van der Waals surface area contributed by atoms with Crippen LogP contribution >= 0.6 is 0 Å². The van der Waals surface area contributed by atoms with E-state index in [4.69, 9.17) is 20.2 Å². The minimum atomic E-state index is -0.256. The number of allylic oxidation sites excluding steroid dienone is 2. The molecule has 0 bridgehead atoms. The first-order chi connectivity index (χ1) is 10.2. The Labute approximate surface area is 122 Å². The molecule has 5 nitrogen and oxygen atoms in total. The van der Waals surface area contributed by atoms with E-state index in [1.54, 1.807) is 18.2 Å². The van der Waals surface area contributed by atoms with Gasteiger partial charge >= 0.3 is 0 Å². The molecule has 0 saturated carbocycles. The lowest BCUT2D eigenvalue weighted by atomic mass is 10.1. The number of nitriles is 3. The van der Waals surface area contributed by atoms with Crippen LogP contribution in [0.25, 0.3) is 11.0 Å². The molecule has 1 heterocycles. The summed E-state index contributed by atoms with van der Waals surface area (Å²) in [6.45, 7) is 3.98. The second kappa shape index (κ2) is 5.82. The number of hydrogen-bond acceptors (Lipinski definition) is 5. The van der Waals surface area contributed by atoms with E-state index in [0.29, 0.717) is 11.3 Å². The Morgan fingerprint density at radius 2 is 1.90 bits per heavy atom. The molecule has 1 N–H and O–H groups in total. The van der Waals surface area contributed by atoms with Crippen LogP contribution in [0.15, 0.2) is 33.9 Å². The van der Waals surface area contributed by atoms with Crippen LogP contribution in [0, 0.1) is 40.9 Å². The number of benzene rings is 1. The molecule has 0 aliphatic heterocycles. The highest BCUT2D eigenvalue weighted by Crippen LogP contribution is 2.32. The lowest BCUT2D eigenvalue weighted by Gasteiger charge is -2.05. The highest BCUT2D eigenvalue weighted by atomic mass is 16.3. The minimum absolute atomic E-state index is 0.0837. The van der Waals surface area contributed by atoms with Gasteiger partial charge in [-0.05, 0) is 18.6 Å². The Kier molecular flexibility index (Phi) is 3.93. The van der Waals surface area contributed by atoms with Gasteiger partial charge in [-0.25, -0.2) is 0 Å². The summed E-state index contributed by atoms with van der Waals surface area (Å²) < 4.78 is 5.81. The lowest BCUT2D eigenvalue weighted by Crippen LogP contribution is -2.00. The predicted octanol–water partition coefficient (Wildman–Crippen LogP) is 3.54. The molecule has 102 valence electrons. The average Bonchev–Trinajstić information content (AvgIpc) is 2.85. The summed E-state index contributed by atoms with van der Waals surface area (Å²) in [5.74, 6) is 0.877. The van der Waals surface area contributed by atoms with Gasteiger partial charge in [-0.3, -0.25) is 0 Å². The first-order valence-electron chi connectivity index (χ1n) is 6.38. The quantitative estimate of drug-likeness (QED) is 0.865. The zero-order valence-corrected chi connectivity index (χ0v) is 11.7. The van der Waals surface area contributed by atoms with Gasteiger partial charge in [-0.1, -0.05) is 19.1 Å². The highest BCUT2D eigenvalue weighted by molar-refractivity contribution is 5.93. The third-order valence-corrected chi connectivity index (χ3v) is 3.23. The summed E-state index contributed by atoms with van der Waals surface area (Å²) in [5.41, 5.74) is 1.90. The summed E-state index contributed by atoms with van der Waals surface area (Å²) >= 11 is 0. The number of anilines is 1. The van der Waals surface area contributed by atoms with Crippen LogP contribution < -0.4 is 5.32 Å². The summed E-state index contributed by atoms with van der Waals surface area (Å²) in [5, 5.41) is 30.6. The van der Waals surface area contributed by atoms with Crippen LogP contribution in [0.1, 0.15) is 18.2 Å². The summed E-state index contributed by atoms with van der Waals surface area (Å²) in [6, 6.07) is 10.8. The minimum Gasteiger partial charge on any atom is -0.459 e. The molecule has 0 saturated heterocycles. The maximum atomic E-state index is 9.09. The molecule has 5 heteroatoms. The fourth-order valence-corrected chi connectivity index (χ4v) is 2.15. The number of furan rings is 1. The Bertz CT molecular complexity index is 837. The van der Waals surface area contributed by atoms with Crippen LogP contribution in [0.5, 0.6) is 0 Å². The van der Waals surface area contributed by atoms with E-state index in [1.165, 1.54) is 0 Å². The summed E-state index contributed by atoms with van der Waals surface area (Å²) in [7, 11) is 0. The number of nitrogens with one attached hydrogen (secondary N) is 1. The van der Waals surface area contributed by atoms with Gasteiger partial charge in [0, 0.05) is 11.8 Å². The van der Waals surface area contributed by atoms with Gasteiger partial charge in [0.05, 0.1) is 5.69 Å². The Morgan fingerprint density at radius 3 is 2.48 bits per heavy atom. The van der Waals surface area contributed by atoms with Gasteiger partial charge in [-0.15, -0.1) is 0 Å². The van der Waals surface area contributed by atoms with Crippen LogP contribution in [-0.2, 0) is 6.42 Å². The largest absolute Gasteiger partial charge is 0.459 e. The van der Waals surface area contributed by atoms with E-state index in [0.717, 1.165) is 23.1 Å². The van der Waals surface area contributed by atoms with Crippen molar-refractivity contribution in [3.05, 3.63) is 40.8 Å². The third kappa shape index (κ3) is 2.43. The zero-order chi connectivity index (χ0) is 15.4. The monoisotopic (exact) mass is 276 g/mol. The molecule has 21 heavy (non-hydrogen) atoms. The normalized spacial score (nSPS) is 9.48. The van der Waals surface area contributed by atoms with Crippen molar-refractivity contribution >= 4 is 16.7 Å². The van der Waals surface area contributed by atoms with E-state index in [-0.39, 0.29) is 11.3 Å². The lowest BCUT2D eigenvalue weighted by molar-refractivity contribution is 0.554. The molecule has 2 rings (SSSR count). The van der Waals surface area contributed by atoms with Crippen molar-refractivity contribution < 1.29 is 4.42 Å². The number of rotatable bonds is 3. The fraction of sp³-hybridized carbons (Fsp3) is 0.188. The highest BCUT2D eigenvalue weighted by Gasteiger charge is 2.14. The molecule has 0 unspecified atom stereocenters. The van der Waals surface area contributed by atoms with Gasteiger partial charge in [0.25, 0.3) is 0 Å². The first kappa shape index (κ1) is 14.2. The molecular weight excluding hydrogens is 264 g/mol. The van der Waals surface area contributed by atoms with Gasteiger partial charge in [-0.2, -0.15) is 15.8 Å². The summed E-state index contributed by atoms with van der Waals surface area (Å²) in [6.07, 6.45) is 0.766. The zero-order valence-electron chi connectivity index (χ0n) is 11.7. The van der Waals surface area contributed by atoms with Crippen molar-refractivity contribution in [3.8, 4) is 18.2 Å². The van der Waals surface area contributed by atoms with E-state index in [9.17, 15) is 0 Å². The molecule has 0 spiro atoms. The molecule has 0 aliphatic carbocycles. The number of fused-ring (bicyclic) bond motifs is 1. The fourth-order valence-electron chi connectivity index (χ4n) is 2.15.